The van der Waals surface area contributed by atoms with Crippen molar-refractivity contribution in [2.45, 2.75) is 31.7 Å². The highest BCUT2D eigenvalue weighted by Crippen LogP contribution is 2.30. The molecular weight excluding hydrogens is 240 g/mol. The van der Waals surface area contributed by atoms with Crippen LogP contribution in [0.2, 0.25) is 0 Å². The number of nitrogens with zero attached hydrogens (tertiary/aromatic N) is 3. The number of aromatic amines is 1. The molecule has 5 nitrogen and oxygen atoms in total. The molecule has 1 aromatic heterocycles. The van der Waals surface area contributed by atoms with Crippen molar-refractivity contribution in [3.05, 3.63) is 18.0 Å². The zero-order valence-corrected chi connectivity index (χ0v) is 11.5. The van der Waals surface area contributed by atoms with Gasteiger partial charge in [-0.1, -0.05) is 0 Å². The van der Waals surface area contributed by atoms with Crippen molar-refractivity contribution in [2.75, 3.05) is 26.7 Å². The fourth-order valence-corrected chi connectivity index (χ4v) is 3.39. The molecule has 1 N–H and O–H groups in total. The number of carbonyl (C=O) groups is 1. The van der Waals surface area contributed by atoms with E-state index in [-0.39, 0.29) is 0 Å². The maximum Gasteiger partial charge on any atom is 0.222 e. The van der Waals surface area contributed by atoms with Gasteiger partial charge in [0.2, 0.25) is 5.91 Å². The smallest absolute Gasteiger partial charge is 0.222 e. The molecule has 104 valence electrons. The number of aryl methyl sites for hydroxylation is 1. The topological polar surface area (TPSA) is 52.2 Å². The number of carbonyl (C=O) groups excluding carboxylic acids is 1. The molecule has 0 aliphatic carbocycles. The van der Waals surface area contributed by atoms with Crippen LogP contribution in [0, 0.1) is 5.92 Å². The van der Waals surface area contributed by atoms with Crippen LogP contribution in [0.5, 0.6) is 0 Å². The Hall–Kier alpha value is -1.36. The first kappa shape index (κ1) is 12.7. The third kappa shape index (κ3) is 2.66. The molecular formula is C14H22N4O. The van der Waals surface area contributed by atoms with E-state index in [2.05, 4.69) is 27.0 Å². The number of H-pyrrole nitrogens is 1. The Balaban J connectivity index is 1.44. The molecule has 0 aromatic carbocycles. The van der Waals surface area contributed by atoms with Gasteiger partial charge in [0.15, 0.2) is 0 Å². The van der Waals surface area contributed by atoms with Crippen molar-refractivity contribution in [2.24, 2.45) is 5.92 Å². The Bertz CT molecular complexity index is 431. The fourth-order valence-electron chi connectivity index (χ4n) is 3.39. The number of rotatable bonds is 4. The van der Waals surface area contributed by atoms with Crippen molar-refractivity contribution < 1.29 is 4.79 Å². The lowest BCUT2D eigenvalue weighted by Crippen LogP contribution is -2.34. The van der Waals surface area contributed by atoms with Gasteiger partial charge in [-0.15, -0.1) is 0 Å². The number of nitrogens with one attached hydrogen (secondary N) is 1. The summed E-state index contributed by atoms with van der Waals surface area (Å²) in [6, 6.07) is 0.609. The molecule has 0 spiro atoms. The van der Waals surface area contributed by atoms with E-state index >= 15 is 0 Å². The first-order valence-electron chi connectivity index (χ1n) is 7.19. The van der Waals surface area contributed by atoms with E-state index < -0.39 is 0 Å². The Morgan fingerprint density at radius 2 is 2.42 bits per heavy atom. The molecule has 19 heavy (non-hydrogen) atoms. The van der Waals surface area contributed by atoms with Crippen LogP contribution in [0.25, 0.3) is 0 Å². The van der Waals surface area contributed by atoms with Crippen molar-refractivity contribution in [3.8, 4) is 0 Å². The van der Waals surface area contributed by atoms with Crippen molar-refractivity contribution in [1.82, 2.24) is 20.0 Å². The Morgan fingerprint density at radius 1 is 1.53 bits per heavy atom. The summed E-state index contributed by atoms with van der Waals surface area (Å²) >= 11 is 0. The summed E-state index contributed by atoms with van der Waals surface area (Å²) in [5, 5.41) is 6.72. The molecule has 0 unspecified atom stereocenters. The zero-order valence-electron chi connectivity index (χ0n) is 11.5. The summed E-state index contributed by atoms with van der Waals surface area (Å²) in [6.45, 7) is 3.10. The van der Waals surface area contributed by atoms with Crippen LogP contribution in [0.15, 0.2) is 12.4 Å². The van der Waals surface area contributed by atoms with Gasteiger partial charge in [-0.05, 0) is 44.3 Å². The monoisotopic (exact) mass is 262 g/mol. The number of fused-ring (bicyclic) bond motifs is 1. The van der Waals surface area contributed by atoms with E-state index in [9.17, 15) is 4.79 Å². The zero-order chi connectivity index (χ0) is 13.2. The summed E-state index contributed by atoms with van der Waals surface area (Å²) in [6.07, 6.45) is 7.50. The third-order valence-corrected chi connectivity index (χ3v) is 4.59. The first-order chi connectivity index (χ1) is 9.24. The van der Waals surface area contributed by atoms with Crippen LogP contribution in [0.1, 0.15) is 24.8 Å². The second kappa shape index (κ2) is 5.33. The fraction of sp³-hybridized carbons (Fsp3) is 0.714. The van der Waals surface area contributed by atoms with Crippen molar-refractivity contribution in [3.63, 3.8) is 0 Å². The summed E-state index contributed by atoms with van der Waals surface area (Å²) in [4.78, 5) is 16.7. The van der Waals surface area contributed by atoms with Gasteiger partial charge < -0.3 is 9.80 Å². The largest absolute Gasteiger partial charge is 0.341 e. The predicted octanol–water partition coefficient (Wildman–Crippen LogP) is 0.895. The van der Waals surface area contributed by atoms with E-state index in [0.717, 1.165) is 25.9 Å². The summed E-state index contributed by atoms with van der Waals surface area (Å²) in [5.41, 5.74) is 1.19. The molecule has 2 aliphatic rings. The van der Waals surface area contributed by atoms with Gasteiger partial charge >= 0.3 is 0 Å². The maximum absolute atomic E-state index is 12.2. The van der Waals surface area contributed by atoms with Gasteiger partial charge in [0, 0.05) is 31.7 Å². The predicted molar refractivity (Wildman–Crippen MR) is 72.6 cm³/mol. The van der Waals surface area contributed by atoms with Gasteiger partial charge in [-0.3, -0.25) is 9.89 Å². The molecule has 5 heteroatoms. The van der Waals surface area contributed by atoms with Crippen molar-refractivity contribution >= 4 is 5.91 Å². The van der Waals surface area contributed by atoms with E-state index in [1.807, 2.05) is 12.4 Å². The molecule has 1 amide bonds. The molecule has 2 atom stereocenters. The molecule has 3 rings (SSSR count). The molecule has 0 bridgehead atoms. The average molecular weight is 262 g/mol. The summed E-state index contributed by atoms with van der Waals surface area (Å²) < 4.78 is 0. The van der Waals surface area contributed by atoms with Crippen LogP contribution < -0.4 is 0 Å². The van der Waals surface area contributed by atoms with Gasteiger partial charge in [0.1, 0.15) is 0 Å². The molecule has 3 heterocycles. The lowest BCUT2D eigenvalue weighted by molar-refractivity contribution is -0.130. The van der Waals surface area contributed by atoms with Gasteiger partial charge in [-0.25, -0.2) is 0 Å². The number of amides is 1. The van der Waals surface area contributed by atoms with E-state index in [1.54, 1.807) is 0 Å². The highest BCUT2D eigenvalue weighted by Gasteiger charge is 2.40. The van der Waals surface area contributed by atoms with E-state index in [0.29, 0.717) is 24.3 Å². The molecule has 0 radical (unpaired) electrons. The normalized spacial score (nSPS) is 26.9. The lowest BCUT2D eigenvalue weighted by atomic mass is 10.1. The quantitative estimate of drug-likeness (QED) is 0.877. The highest BCUT2D eigenvalue weighted by molar-refractivity contribution is 5.76. The number of likely N-dealkylation sites (tertiary alicyclic amines) is 2. The number of likely N-dealkylation sites (N-methyl/N-ethyl adjacent to an activating group) is 1. The van der Waals surface area contributed by atoms with Crippen LogP contribution in [-0.2, 0) is 11.2 Å². The Kier molecular flexibility index (Phi) is 3.55. The number of hydrogen-bond acceptors (Lipinski definition) is 3. The van der Waals surface area contributed by atoms with Crippen LogP contribution in [-0.4, -0.2) is 58.6 Å². The molecule has 0 saturated carbocycles. The lowest BCUT2D eigenvalue weighted by Gasteiger charge is -2.20. The van der Waals surface area contributed by atoms with E-state index in [4.69, 9.17) is 0 Å². The minimum Gasteiger partial charge on any atom is -0.341 e. The summed E-state index contributed by atoms with van der Waals surface area (Å²) in [7, 11) is 2.18. The molecule has 2 saturated heterocycles. The van der Waals surface area contributed by atoms with Crippen LogP contribution >= 0.6 is 0 Å². The minimum atomic E-state index is 0.325. The van der Waals surface area contributed by atoms with Gasteiger partial charge in [-0.2, -0.15) is 5.10 Å². The second-order valence-corrected chi connectivity index (χ2v) is 5.86. The molecule has 2 fully saturated rings. The third-order valence-electron chi connectivity index (χ3n) is 4.59. The number of aromatic nitrogens is 2. The van der Waals surface area contributed by atoms with Crippen LogP contribution in [0.4, 0.5) is 0 Å². The SMILES string of the molecule is CN1CC[C@@H]2CN(C(=O)CCCc3cn[nH]c3)C[C@@H]21. The first-order valence-corrected chi connectivity index (χ1v) is 7.19. The summed E-state index contributed by atoms with van der Waals surface area (Å²) in [5.74, 6) is 1.04. The average Bonchev–Trinajstić information content (AvgIpc) is 3.08. The van der Waals surface area contributed by atoms with Gasteiger partial charge in [0.05, 0.1) is 6.20 Å². The Labute approximate surface area is 114 Å². The molecule has 2 aliphatic heterocycles. The Morgan fingerprint density at radius 3 is 3.16 bits per heavy atom. The van der Waals surface area contributed by atoms with E-state index in [1.165, 1.54) is 18.5 Å². The van der Waals surface area contributed by atoms with Gasteiger partial charge in [0.25, 0.3) is 0 Å². The van der Waals surface area contributed by atoms with Crippen molar-refractivity contribution in [1.29, 1.82) is 0 Å². The molecule has 1 aromatic rings. The maximum atomic E-state index is 12.2. The minimum absolute atomic E-state index is 0.325. The highest BCUT2D eigenvalue weighted by atomic mass is 16.2. The second-order valence-electron chi connectivity index (χ2n) is 5.86. The number of hydrogen-bond donors (Lipinski definition) is 1. The van der Waals surface area contributed by atoms with Crippen LogP contribution in [0.3, 0.4) is 0 Å². The standard InChI is InChI=1S/C14H22N4O/c1-17-6-5-12-9-18(10-13(12)17)14(19)4-2-3-11-7-15-16-8-11/h7-8,12-13H,2-6,9-10H2,1H3,(H,15,16)/t12-,13+/m1/s1.